The highest BCUT2D eigenvalue weighted by Crippen LogP contribution is 2.26. The van der Waals surface area contributed by atoms with Crippen LogP contribution in [0.3, 0.4) is 0 Å². The van der Waals surface area contributed by atoms with Crippen molar-refractivity contribution < 1.29 is 13.6 Å². The molecule has 0 N–H and O–H groups in total. The van der Waals surface area contributed by atoms with Crippen LogP contribution in [0, 0.1) is 13.8 Å². The standard InChI is InChI=1S/C21H19N3O3S/c1-14-7-8-17(15(2)11-14)18(25)13-28-21-23-22-20(19-6-4-10-27-19)24(21)12-16-5-3-9-26-16/h3-11H,12-13H2,1-2H3. The number of thioether (sulfide) groups is 1. The van der Waals surface area contributed by atoms with Gasteiger partial charge in [-0.05, 0) is 43.7 Å². The molecule has 142 valence electrons. The maximum Gasteiger partial charge on any atom is 0.200 e. The first-order valence-corrected chi connectivity index (χ1v) is 9.83. The Morgan fingerprint density at radius 3 is 2.61 bits per heavy atom. The Morgan fingerprint density at radius 2 is 1.89 bits per heavy atom. The minimum absolute atomic E-state index is 0.0644. The van der Waals surface area contributed by atoms with Crippen LogP contribution >= 0.6 is 11.8 Å². The second-order valence-corrected chi connectivity index (χ2v) is 7.42. The molecule has 0 aliphatic rings. The predicted molar refractivity (Wildman–Crippen MR) is 107 cm³/mol. The second kappa shape index (κ2) is 7.90. The summed E-state index contributed by atoms with van der Waals surface area (Å²) in [4.78, 5) is 12.7. The predicted octanol–water partition coefficient (Wildman–Crippen LogP) is 4.77. The molecule has 0 amide bonds. The number of carbonyl (C=O) groups is 1. The van der Waals surface area contributed by atoms with E-state index in [1.54, 1.807) is 18.6 Å². The van der Waals surface area contributed by atoms with Gasteiger partial charge >= 0.3 is 0 Å². The van der Waals surface area contributed by atoms with Gasteiger partial charge in [0.25, 0.3) is 0 Å². The lowest BCUT2D eigenvalue weighted by Gasteiger charge is -2.08. The third-order valence-corrected chi connectivity index (χ3v) is 5.33. The number of hydrogen-bond acceptors (Lipinski definition) is 6. The van der Waals surface area contributed by atoms with Crippen molar-refractivity contribution in [2.45, 2.75) is 25.5 Å². The summed E-state index contributed by atoms with van der Waals surface area (Å²) in [6, 6.07) is 13.2. The van der Waals surface area contributed by atoms with Gasteiger partial charge in [0.1, 0.15) is 5.76 Å². The first-order chi connectivity index (χ1) is 13.6. The van der Waals surface area contributed by atoms with E-state index in [4.69, 9.17) is 8.83 Å². The van der Waals surface area contributed by atoms with Crippen LogP contribution in [0.2, 0.25) is 0 Å². The van der Waals surface area contributed by atoms with Crippen molar-refractivity contribution in [3.63, 3.8) is 0 Å². The van der Waals surface area contributed by atoms with E-state index in [-0.39, 0.29) is 11.5 Å². The van der Waals surface area contributed by atoms with Gasteiger partial charge in [0, 0.05) is 5.56 Å². The van der Waals surface area contributed by atoms with Gasteiger partial charge in [0.05, 0.1) is 24.8 Å². The summed E-state index contributed by atoms with van der Waals surface area (Å²) in [7, 11) is 0. The molecule has 4 aromatic rings. The third kappa shape index (κ3) is 3.80. The molecule has 0 fully saturated rings. The highest BCUT2D eigenvalue weighted by Gasteiger charge is 2.19. The second-order valence-electron chi connectivity index (χ2n) is 6.48. The van der Waals surface area contributed by atoms with Crippen molar-refractivity contribution in [1.82, 2.24) is 14.8 Å². The van der Waals surface area contributed by atoms with Gasteiger partial charge in [-0.15, -0.1) is 10.2 Å². The Kier molecular flexibility index (Phi) is 5.16. The van der Waals surface area contributed by atoms with E-state index in [1.807, 2.05) is 54.8 Å². The summed E-state index contributed by atoms with van der Waals surface area (Å²) in [6.45, 7) is 4.43. The molecule has 28 heavy (non-hydrogen) atoms. The molecule has 3 heterocycles. The molecule has 0 aliphatic carbocycles. The van der Waals surface area contributed by atoms with Crippen LogP contribution in [-0.2, 0) is 6.54 Å². The molecule has 0 saturated carbocycles. The molecular formula is C21H19N3O3S. The van der Waals surface area contributed by atoms with Crippen LogP contribution in [0.4, 0.5) is 0 Å². The average Bonchev–Trinajstić information content (AvgIpc) is 3.42. The van der Waals surface area contributed by atoms with Crippen LogP contribution in [-0.4, -0.2) is 26.3 Å². The SMILES string of the molecule is Cc1ccc(C(=O)CSc2nnc(-c3ccco3)n2Cc2ccco2)c(C)c1. The van der Waals surface area contributed by atoms with Crippen molar-refractivity contribution in [3.05, 3.63) is 77.4 Å². The Bertz CT molecular complexity index is 1080. The number of aromatic nitrogens is 3. The number of rotatable bonds is 7. The fourth-order valence-electron chi connectivity index (χ4n) is 3.02. The van der Waals surface area contributed by atoms with Crippen molar-refractivity contribution in [3.8, 4) is 11.6 Å². The largest absolute Gasteiger partial charge is 0.467 e. The number of nitrogens with zero attached hydrogens (tertiary/aromatic N) is 3. The molecular weight excluding hydrogens is 374 g/mol. The summed E-state index contributed by atoms with van der Waals surface area (Å²) in [6.07, 6.45) is 3.22. The van der Waals surface area contributed by atoms with Crippen molar-refractivity contribution in [2.24, 2.45) is 0 Å². The Labute approximate surface area is 166 Å². The molecule has 3 aromatic heterocycles. The minimum Gasteiger partial charge on any atom is -0.467 e. The van der Waals surface area contributed by atoms with Crippen LogP contribution in [0.5, 0.6) is 0 Å². The number of hydrogen-bond donors (Lipinski definition) is 0. The quantitative estimate of drug-likeness (QED) is 0.333. The van der Waals surface area contributed by atoms with E-state index in [0.29, 0.717) is 23.3 Å². The molecule has 7 heteroatoms. The van der Waals surface area contributed by atoms with Gasteiger partial charge in [-0.1, -0.05) is 35.5 Å². The average molecular weight is 393 g/mol. The number of furan rings is 2. The van der Waals surface area contributed by atoms with Crippen LogP contribution in [0.25, 0.3) is 11.6 Å². The van der Waals surface area contributed by atoms with Gasteiger partial charge in [0.2, 0.25) is 5.82 Å². The van der Waals surface area contributed by atoms with E-state index in [2.05, 4.69) is 10.2 Å². The van der Waals surface area contributed by atoms with Gasteiger partial charge in [-0.2, -0.15) is 0 Å². The number of carbonyl (C=O) groups excluding carboxylic acids is 1. The maximum atomic E-state index is 12.7. The van der Waals surface area contributed by atoms with Gasteiger partial charge < -0.3 is 8.83 Å². The van der Waals surface area contributed by atoms with Crippen LogP contribution < -0.4 is 0 Å². The number of benzene rings is 1. The fraction of sp³-hybridized carbons (Fsp3) is 0.190. The zero-order chi connectivity index (χ0) is 19.5. The normalized spacial score (nSPS) is 11.1. The Hall–Kier alpha value is -3.06. The van der Waals surface area contributed by atoms with Crippen LogP contribution in [0.1, 0.15) is 27.2 Å². The number of Topliss-reactive ketones (excluding diaryl/α,β-unsaturated/α-hetero) is 1. The van der Waals surface area contributed by atoms with Crippen LogP contribution in [0.15, 0.2) is 69.0 Å². The van der Waals surface area contributed by atoms with E-state index < -0.39 is 0 Å². The molecule has 0 spiro atoms. The summed E-state index contributed by atoms with van der Waals surface area (Å²) < 4.78 is 12.9. The summed E-state index contributed by atoms with van der Waals surface area (Å²) in [5.74, 6) is 2.33. The molecule has 0 bridgehead atoms. The molecule has 1 aromatic carbocycles. The third-order valence-electron chi connectivity index (χ3n) is 4.37. The van der Waals surface area contributed by atoms with E-state index >= 15 is 0 Å². The lowest BCUT2D eigenvalue weighted by Crippen LogP contribution is -2.08. The Balaban J connectivity index is 1.58. The van der Waals surface area contributed by atoms with Gasteiger partial charge in [0.15, 0.2) is 16.7 Å². The lowest BCUT2D eigenvalue weighted by atomic mass is 10.0. The highest BCUT2D eigenvalue weighted by atomic mass is 32.2. The summed E-state index contributed by atoms with van der Waals surface area (Å²) >= 11 is 1.36. The molecule has 0 radical (unpaired) electrons. The summed E-state index contributed by atoms with van der Waals surface area (Å²) in [5.41, 5.74) is 2.86. The minimum atomic E-state index is 0.0644. The van der Waals surface area contributed by atoms with Crippen molar-refractivity contribution >= 4 is 17.5 Å². The zero-order valence-electron chi connectivity index (χ0n) is 15.6. The molecule has 6 nitrogen and oxygen atoms in total. The fourth-order valence-corrected chi connectivity index (χ4v) is 3.84. The smallest absolute Gasteiger partial charge is 0.200 e. The van der Waals surface area contributed by atoms with E-state index in [0.717, 1.165) is 22.5 Å². The zero-order valence-corrected chi connectivity index (χ0v) is 16.4. The highest BCUT2D eigenvalue weighted by molar-refractivity contribution is 7.99. The van der Waals surface area contributed by atoms with E-state index in [1.165, 1.54) is 11.8 Å². The summed E-state index contributed by atoms with van der Waals surface area (Å²) in [5, 5.41) is 9.18. The molecule has 0 unspecified atom stereocenters. The number of ketones is 1. The van der Waals surface area contributed by atoms with Crippen molar-refractivity contribution in [2.75, 3.05) is 5.75 Å². The molecule has 0 aliphatic heterocycles. The number of aryl methyl sites for hydroxylation is 2. The lowest BCUT2D eigenvalue weighted by molar-refractivity contribution is 0.102. The van der Waals surface area contributed by atoms with E-state index in [9.17, 15) is 4.79 Å². The van der Waals surface area contributed by atoms with Crippen molar-refractivity contribution in [1.29, 1.82) is 0 Å². The first kappa shape index (κ1) is 18.3. The maximum absolute atomic E-state index is 12.7. The monoisotopic (exact) mass is 393 g/mol. The Morgan fingerprint density at radius 1 is 1.07 bits per heavy atom. The topological polar surface area (TPSA) is 74.1 Å². The first-order valence-electron chi connectivity index (χ1n) is 8.84. The molecule has 0 atom stereocenters. The molecule has 0 saturated heterocycles. The van der Waals surface area contributed by atoms with Gasteiger partial charge in [-0.25, -0.2) is 0 Å². The van der Waals surface area contributed by atoms with Gasteiger partial charge in [-0.3, -0.25) is 9.36 Å². The molecule has 4 rings (SSSR count).